The second-order valence-corrected chi connectivity index (χ2v) is 21.1. The first-order chi connectivity index (χ1) is 34.7. The van der Waals surface area contributed by atoms with Gasteiger partial charge in [-0.15, -0.1) is 0 Å². The number of Topliss-reactive ketones (excluding diaryl/α,β-unsaturated/α-hetero) is 3. The monoisotopic (exact) mass is 1020 g/mol. The lowest BCUT2D eigenvalue weighted by molar-refractivity contribution is -0.265. The van der Waals surface area contributed by atoms with Gasteiger partial charge in [-0.1, -0.05) is 101 Å². The number of benzene rings is 1. The largest absolute Gasteiger partial charge is 0.460 e. The SMILES string of the molecule is COC(C(=O)[C@H](C)C[C@H](C)/C=C/C=C/C=C(\C)[C@H](C[C@@H]1CC[C@@H](C)[C@](O)(C(=O)C(=O)N2CCCCC2C(=O)OC(CC(=O)[C@H](C)/C=C(\C)C=O)[C@H](C)C[C@@H]2CC[C@@H](O)[C@H](OC)C2)O1)OC)C(O)c1ccccc1. The topological polar surface area (TPSA) is 212 Å². The second-order valence-electron chi connectivity index (χ2n) is 21.1. The van der Waals surface area contributed by atoms with Gasteiger partial charge in [0.05, 0.1) is 24.4 Å². The molecule has 15 atom stereocenters. The maximum Gasteiger partial charge on any atom is 0.329 e. The summed E-state index contributed by atoms with van der Waals surface area (Å²) in [5.41, 5.74) is 1.88. The predicted octanol–water partition coefficient (Wildman–Crippen LogP) is 7.74. The Morgan fingerprint density at radius 1 is 0.904 bits per heavy atom. The van der Waals surface area contributed by atoms with Crippen LogP contribution in [-0.4, -0.2) is 132 Å². The predicted molar refractivity (Wildman–Crippen MR) is 277 cm³/mol. The maximum atomic E-state index is 14.3. The number of aliphatic hydroxyl groups is 3. The van der Waals surface area contributed by atoms with Gasteiger partial charge < -0.3 is 43.9 Å². The molecule has 3 fully saturated rings. The van der Waals surface area contributed by atoms with Gasteiger partial charge in [-0.05, 0) is 113 Å². The normalized spacial score (nSPS) is 27.6. The number of carbonyl (C=O) groups excluding carboxylic acids is 6. The fourth-order valence-electron chi connectivity index (χ4n) is 10.6. The van der Waals surface area contributed by atoms with Crippen LogP contribution in [0, 0.1) is 35.5 Å². The molecule has 15 nitrogen and oxygen atoms in total. The Hall–Kier alpha value is -4.48. The fourth-order valence-corrected chi connectivity index (χ4v) is 10.6. The maximum absolute atomic E-state index is 14.3. The summed E-state index contributed by atoms with van der Waals surface area (Å²) in [5.74, 6) is -7.60. The number of carbonyl (C=O) groups is 6. The molecule has 2 heterocycles. The molecule has 406 valence electrons. The van der Waals surface area contributed by atoms with Crippen molar-refractivity contribution in [1.82, 2.24) is 4.90 Å². The molecular formula is C58H85NO14. The molecule has 1 aliphatic carbocycles. The van der Waals surface area contributed by atoms with Gasteiger partial charge in [0.25, 0.3) is 11.7 Å². The number of esters is 1. The smallest absolute Gasteiger partial charge is 0.329 e. The molecule has 1 aromatic carbocycles. The number of hydrogen-bond donors (Lipinski definition) is 3. The molecule has 0 aromatic heterocycles. The third-order valence-corrected chi connectivity index (χ3v) is 15.3. The highest BCUT2D eigenvalue weighted by Gasteiger charge is 2.53. The number of piperidine rings is 1. The molecule has 1 amide bonds. The Morgan fingerprint density at radius 2 is 1.62 bits per heavy atom. The third kappa shape index (κ3) is 17.3. The molecule has 0 spiro atoms. The van der Waals surface area contributed by atoms with Crippen LogP contribution >= 0.6 is 0 Å². The Bertz CT molecular complexity index is 2100. The fraction of sp³-hybridized carbons (Fsp3) is 0.655. The Kier molecular flexibility index (Phi) is 24.7. The molecule has 4 unspecified atom stereocenters. The van der Waals surface area contributed by atoms with E-state index in [2.05, 4.69) is 0 Å². The van der Waals surface area contributed by atoms with E-state index in [4.69, 9.17) is 23.7 Å². The van der Waals surface area contributed by atoms with Gasteiger partial charge in [-0.25, -0.2) is 4.79 Å². The molecule has 3 aliphatic rings. The zero-order chi connectivity index (χ0) is 54.0. The third-order valence-electron chi connectivity index (χ3n) is 15.3. The van der Waals surface area contributed by atoms with Crippen molar-refractivity contribution in [2.75, 3.05) is 27.9 Å². The summed E-state index contributed by atoms with van der Waals surface area (Å²) in [5, 5.41) is 33.2. The second kappa shape index (κ2) is 29.6. The van der Waals surface area contributed by atoms with Gasteiger partial charge >= 0.3 is 5.97 Å². The van der Waals surface area contributed by atoms with E-state index in [1.807, 2.05) is 64.1 Å². The van der Waals surface area contributed by atoms with E-state index < -0.39 is 77.9 Å². The molecule has 0 radical (unpaired) electrons. The standard InChI is InChI=1S/C58H85NO14/c1-36(29-41(6)52(63)54(71-10)53(64)44-21-15-12-16-22-44)19-13-11-14-20-38(3)49(69-8)33-45-26-24-42(7)58(68,73-45)55(65)56(66)59-28-18-17-23-46(59)57(67)72-50(34-48(62)39(4)30-37(2)35-60)40(5)31-43-25-27-47(61)51(32-43)70-9/h11-16,19-22,30,35-36,39-43,45-47,49-51,53-54,61,64,68H,17-18,23-29,31-34H2,1-10H3/b14-11+,19-13+,37-30+,38-20+/t36-,39-,40-,41-,42-,43+,45+,46?,47-,49+,50?,51-,53?,54?,58-/m1/s1. The minimum atomic E-state index is -2.46. The lowest BCUT2D eigenvalue weighted by Crippen LogP contribution is -2.61. The molecular weight excluding hydrogens is 935 g/mol. The van der Waals surface area contributed by atoms with Gasteiger partial charge in [-0.2, -0.15) is 0 Å². The van der Waals surface area contributed by atoms with Crippen LogP contribution in [0.4, 0.5) is 0 Å². The lowest BCUT2D eigenvalue weighted by Gasteiger charge is -2.42. The molecule has 73 heavy (non-hydrogen) atoms. The zero-order valence-electron chi connectivity index (χ0n) is 45.0. The molecule has 15 heteroatoms. The number of ether oxygens (including phenoxy) is 5. The minimum absolute atomic E-state index is 0.0558. The number of methoxy groups -OCH3 is 3. The highest BCUT2D eigenvalue weighted by atomic mass is 16.6. The first-order valence-electron chi connectivity index (χ1n) is 26.4. The number of hydrogen-bond acceptors (Lipinski definition) is 14. The molecule has 1 saturated carbocycles. The van der Waals surface area contributed by atoms with E-state index in [1.165, 1.54) is 12.0 Å². The minimum Gasteiger partial charge on any atom is -0.460 e. The van der Waals surface area contributed by atoms with Crippen LogP contribution in [0.5, 0.6) is 0 Å². The summed E-state index contributed by atoms with van der Waals surface area (Å²) in [7, 11) is 4.56. The first kappa shape index (κ1) is 61.1. The number of likely N-dealkylation sites (tertiary alicyclic amines) is 1. The van der Waals surface area contributed by atoms with Crippen molar-refractivity contribution in [3.8, 4) is 0 Å². The summed E-state index contributed by atoms with van der Waals surface area (Å²) in [4.78, 5) is 82.1. The highest BCUT2D eigenvalue weighted by molar-refractivity contribution is 6.39. The van der Waals surface area contributed by atoms with E-state index in [9.17, 15) is 44.1 Å². The van der Waals surface area contributed by atoms with Crippen molar-refractivity contribution in [3.05, 3.63) is 83.5 Å². The van der Waals surface area contributed by atoms with Crippen LogP contribution in [-0.2, 0) is 52.5 Å². The van der Waals surface area contributed by atoms with Gasteiger partial charge in [0.1, 0.15) is 36.4 Å². The van der Waals surface area contributed by atoms with E-state index in [-0.39, 0.29) is 67.1 Å². The molecule has 0 bridgehead atoms. The highest BCUT2D eigenvalue weighted by Crippen LogP contribution is 2.38. The van der Waals surface area contributed by atoms with Crippen LogP contribution in [0.15, 0.2) is 77.9 Å². The first-order valence-corrected chi connectivity index (χ1v) is 26.4. The average molecular weight is 1020 g/mol. The van der Waals surface area contributed by atoms with Crippen molar-refractivity contribution >= 4 is 35.5 Å². The van der Waals surface area contributed by atoms with E-state index in [0.717, 1.165) is 12.0 Å². The molecule has 4 rings (SSSR count). The van der Waals surface area contributed by atoms with Crippen molar-refractivity contribution in [2.24, 2.45) is 35.5 Å². The molecule has 2 aliphatic heterocycles. The van der Waals surface area contributed by atoms with Gasteiger partial charge in [0.2, 0.25) is 5.79 Å². The summed E-state index contributed by atoms with van der Waals surface area (Å²) in [6.45, 7) is 12.7. The van der Waals surface area contributed by atoms with Crippen LogP contribution < -0.4 is 0 Å². The number of aliphatic hydroxyl groups excluding tert-OH is 2. The molecule has 1 aromatic rings. The lowest BCUT2D eigenvalue weighted by atomic mass is 9.78. The van der Waals surface area contributed by atoms with Crippen molar-refractivity contribution < 1.29 is 67.8 Å². The number of rotatable bonds is 27. The number of amides is 1. The quantitative estimate of drug-likeness (QED) is 0.0253. The van der Waals surface area contributed by atoms with Gasteiger partial charge in [0.15, 0.2) is 5.78 Å². The number of allylic oxidation sites excluding steroid dienone is 7. The summed E-state index contributed by atoms with van der Waals surface area (Å²) in [6, 6.07) is 7.85. The molecule has 2 saturated heterocycles. The van der Waals surface area contributed by atoms with Crippen molar-refractivity contribution in [3.63, 3.8) is 0 Å². The Balaban J connectivity index is 1.39. The number of ketones is 3. The van der Waals surface area contributed by atoms with Crippen molar-refractivity contribution in [1.29, 1.82) is 0 Å². The van der Waals surface area contributed by atoms with Gasteiger partial charge in [0, 0.05) is 58.5 Å². The van der Waals surface area contributed by atoms with E-state index in [1.54, 1.807) is 65.3 Å². The van der Waals surface area contributed by atoms with Crippen LogP contribution in [0.2, 0.25) is 0 Å². The Labute approximate surface area is 433 Å². The van der Waals surface area contributed by atoms with Crippen molar-refractivity contribution in [2.45, 2.75) is 180 Å². The van der Waals surface area contributed by atoms with Crippen LogP contribution in [0.3, 0.4) is 0 Å². The van der Waals surface area contributed by atoms with Gasteiger partial charge in [-0.3, -0.25) is 24.0 Å². The Morgan fingerprint density at radius 3 is 2.27 bits per heavy atom. The number of nitrogens with zero attached hydrogens (tertiary/aromatic N) is 1. The zero-order valence-corrected chi connectivity index (χ0v) is 45.0. The summed E-state index contributed by atoms with van der Waals surface area (Å²) < 4.78 is 29.2. The van der Waals surface area contributed by atoms with E-state index >= 15 is 0 Å². The summed E-state index contributed by atoms with van der Waals surface area (Å²) >= 11 is 0. The average Bonchev–Trinajstić information content (AvgIpc) is 3.38. The van der Waals surface area contributed by atoms with Crippen LogP contribution in [0.1, 0.15) is 137 Å². The number of aldehydes is 1. The van der Waals surface area contributed by atoms with E-state index in [0.29, 0.717) is 68.8 Å². The molecule has 3 N–H and O–H groups in total. The summed E-state index contributed by atoms with van der Waals surface area (Å²) in [6.07, 6.45) is 12.3. The van der Waals surface area contributed by atoms with Crippen LogP contribution in [0.25, 0.3) is 0 Å².